The highest BCUT2D eigenvalue weighted by Crippen LogP contribution is 2.28. The smallest absolute Gasteiger partial charge is 0.242 e. The molecule has 0 radical (unpaired) electrons. The Hall–Kier alpha value is -1.27. The van der Waals surface area contributed by atoms with Crippen molar-refractivity contribution in [1.82, 2.24) is 4.31 Å². The van der Waals surface area contributed by atoms with Crippen LogP contribution in [0.3, 0.4) is 0 Å². The zero-order valence-corrected chi connectivity index (χ0v) is 12.9. The van der Waals surface area contributed by atoms with Crippen molar-refractivity contribution < 1.29 is 8.42 Å². The van der Waals surface area contributed by atoms with Gasteiger partial charge in [0.05, 0.1) is 16.3 Å². The molecule has 1 fully saturated rings. The van der Waals surface area contributed by atoms with E-state index >= 15 is 0 Å². The fourth-order valence-corrected chi connectivity index (χ4v) is 3.46. The molecule has 0 amide bonds. The maximum Gasteiger partial charge on any atom is 0.242 e. The number of nitrogen functional groups attached to an aromatic ring is 1. The molecular formula is C14H23N3O2S. The molecule has 2 rings (SSSR count). The van der Waals surface area contributed by atoms with Gasteiger partial charge in [-0.1, -0.05) is 12.8 Å². The third-order valence-corrected chi connectivity index (χ3v) is 5.67. The summed E-state index contributed by atoms with van der Waals surface area (Å²) in [4.78, 5) is 0.269. The molecule has 1 aromatic rings. The summed E-state index contributed by atoms with van der Waals surface area (Å²) in [6, 6.07) is 4.82. The molecule has 1 aliphatic carbocycles. The molecule has 1 aliphatic rings. The lowest BCUT2D eigenvalue weighted by atomic mass is 10.1. The van der Waals surface area contributed by atoms with Gasteiger partial charge >= 0.3 is 0 Å². The summed E-state index contributed by atoms with van der Waals surface area (Å²) >= 11 is 0. The van der Waals surface area contributed by atoms with Gasteiger partial charge in [0.25, 0.3) is 0 Å². The highest BCUT2D eigenvalue weighted by Gasteiger charge is 2.19. The number of nitrogens with zero attached hydrogens (tertiary/aromatic N) is 1. The Morgan fingerprint density at radius 3 is 2.55 bits per heavy atom. The predicted molar refractivity (Wildman–Crippen MR) is 82.2 cm³/mol. The van der Waals surface area contributed by atoms with E-state index in [-0.39, 0.29) is 4.90 Å². The maximum absolute atomic E-state index is 12.1. The molecule has 0 aromatic heterocycles. The van der Waals surface area contributed by atoms with Crippen LogP contribution in [0.15, 0.2) is 23.1 Å². The number of hydrogen-bond acceptors (Lipinski definition) is 4. The number of anilines is 2. The standard InChI is InChI=1S/C14H23N3O2S/c1-17(2)20(18,19)12-7-8-13(15)14(9-12)16-10-11-5-3-4-6-11/h7-9,11,16H,3-6,10,15H2,1-2H3. The van der Waals surface area contributed by atoms with Crippen LogP contribution in [0, 0.1) is 5.92 Å². The minimum absolute atomic E-state index is 0.269. The lowest BCUT2D eigenvalue weighted by molar-refractivity contribution is 0.521. The largest absolute Gasteiger partial charge is 0.397 e. The third-order valence-electron chi connectivity index (χ3n) is 3.86. The highest BCUT2D eigenvalue weighted by molar-refractivity contribution is 7.89. The minimum Gasteiger partial charge on any atom is -0.397 e. The van der Waals surface area contributed by atoms with Crippen molar-refractivity contribution >= 4 is 21.4 Å². The Balaban J connectivity index is 2.16. The lowest BCUT2D eigenvalue weighted by Crippen LogP contribution is -2.22. The van der Waals surface area contributed by atoms with Crippen LogP contribution in [0.1, 0.15) is 25.7 Å². The summed E-state index contributed by atoms with van der Waals surface area (Å²) in [5, 5.41) is 3.30. The minimum atomic E-state index is -3.42. The molecular weight excluding hydrogens is 274 g/mol. The Morgan fingerprint density at radius 1 is 1.30 bits per heavy atom. The van der Waals surface area contributed by atoms with Crippen LogP contribution in [0.5, 0.6) is 0 Å². The first-order valence-corrected chi connectivity index (χ1v) is 8.41. The van der Waals surface area contributed by atoms with Gasteiger partial charge in [-0.05, 0) is 37.0 Å². The van der Waals surface area contributed by atoms with E-state index in [1.165, 1.54) is 44.1 Å². The number of nitrogens with two attached hydrogens (primary N) is 1. The first-order valence-electron chi connectivity index (χ1n) is 6.97. The lowest BCUT2D eigenvalue weighted by Gasteiger charge is -2.16. The summed E-state index contributed by atoms with van der Waals surface area (Å²) in [6.07, 6.45) is 5.05. The topological polar surface area (TPSA) is 75.4 Å². The zero-order valence-electron chi connectivity index (χ0n) is 12.1. The van der Waals surface area contributed by atoms with E-state index in [0.29, 0.717) is 17.3 Å². The Morgan fingerprint density at radius 2 is 1.95 bits per heavy atom. The van der Waals surface area contributed by atoms with Crippen molar-refractivity contribution in [2.45, 2.75) is 30.6 Å². The van der Waals surface area contributed by atoms with Crippen molar-refractivity contribution in [2.24, 2.45) is 5.92 Å². The predicted octanol–water partition coefficient (Wildman–Crippen LogP) is 2.12. The fraction of sp³-hybridized carbons (Fsp3) is 0.571. The van der Waals surface area contributed by atoms with Gasteiger partial charge in [0.15, 0.2) is 0 Å². The molecule has 0 atom stereocenters. The monoisotopic (exact) mass is 297 g/mol. The van der Waals surface area contributed by atoms with E-state index in [2.05, 4.69) is 5.32 Å². The number of nitrogens with one attached hydrogen (secondary N) is 1. The van der Waals surface area contributed by atoms with Crippen LogP contribution >= 0.6 is 0 Å². The summed E-state index contributed by atoms with van der Waals surface area (Å²) in [6.45, 7) is 0.857. The molecule has 3 N–H and O–H groups in total. The van der Waals surface area contributed by atoms with E-state index < -0.39 is 10.0 Å². The fourth-order valence-electron chi connectivity index (χ4n) is 2.53. The normalized spacial score (nSPS) is 16.8. The second-order valence-corrected chi connectivity index (χ2v) is 7.72. The second-order valence-electron chi connectivity index (χ2n) is 5.57. The van der Waals surface area contributed by atoms with Gasteiger partial charge in [0.2, 0.25) is 10.0 Å². The first-order chi connectivity index (χ1) is 9.41. The zero-order chi connectivity index (χ0) is 14.8. The van der Waals surface area contributed by atoms with Gasteiger partial charge in [0, 0.05) is 20.6 Å². The average Bonchev–Trinajstić information content (AvgIpc) is 2.90. The van der Waals surface area contributed by atoms with E-state index in [4.69, 9.17) is 5.73 Å². The van der Waals surface area contributed by atoms with E-state index in [1.54, 1.807) is 18.2 Å². The quantitative estimate of drug-likeness (QED) is 0.816. The summed E-state index contributed by atoms with van der Waals surface area (Å²) in [5.41, 5.74) is 7.21. The van der Waals surface area contributed by atoms with Gasteiger partial charge < -0.3 is 11.1 Å². The molecule has 20 heavy (non-hydrogen) atoms. The van der Waals surface area contributed by atoms with Crippen LogP contribution in [-0.4, -0.2) is 33.4 Å². The number of sulfonamides is 1. The number of hydrogen-bond donors (Lipinski definition) is 2. The summed E-state index contributed by atoms with van der Waals surface area (Å²) in [5.74, 6) is 0.670. The van der Waals surface area contributed by atoms with Gasteiger partial charge in [0.1, 0.15) is 0 Å². The molecule has 1 aromatic carbocycles. The Labute approximate surface area is 121 Å². The molecule has 0 bridgehead atoms. The highest BCUT2D eigenvalue weighted by atomic mass is 32.2. The van der Waals surface area contributed by atoms with Gasteiger partial charge in [-0.15, -0.1) is 0 Å². The number of rotatable bonds is 5. The number of benzene rings is 1. The van der Waals surface area contributed by atoms with Crippen molar-refractivity contribution in [1.29, 1.82) is 0 Å². The van der Waals surface area contributed by atoms with Gasteiger partial charge in [-0.2, -0.15) is 0 Å². The molecule has 0 heterocycles. The van der Waals surface area contributed by atoms with Crippen molar-refractivity contribution in [2.75, 3.05) is 31.7 Å². The third kappa shape index (κ3) is 3.24. The maximum atomic E-state index is 12.1. The van der Waals surface area contributed by atoms with Gasteiger partial charge in [-0.3, -0.25) is 0 Å². The summed E-state index contributed by atoms with van der Waals surface area (Å²) in [7, 11) is -0.365. The van der Waals surface area contributed by atoms with E-state index in [0.717, 1.165) is 6.54 Å². The SMILES string of the molecule is CN(C)S(=O)(=O)c1ccc(N)c(NCC2CCCC2)c1. The van der Waals surface area contributed by atoms with E-state index in [1.807, 2.05) is 0 Å². The average molecular weight is 297 g/mol. The molecule has 5 nitrogen and oxygen atoms in total. The van der Waals surface area contributed by atoms with Gasteiger partial charge in [-0.25, -0.2) is 12.7 Å². The molecule has 1 saturated carbocycles. The Kier molecular flexibility index (Phi) is 4.55. The molecule has 0 unspecified atom stereocenters. The van der Waals surface area contributed by atoms with Crippen LogP contribution in [0.4, 0.5) is 11.4 Å². The van der Waals surface area contributed by atoms with E-state index in [9.17, 15) is 8.42 Å². The van der Waals surface area contributed by atoms with Crippen LogP contribution in [0.25, 0.3) is 0 Å². The first kappa shape index (κ1) is 15.1. The van der Waals surface area contributed by atoms with Crippen LogP contribution in [-0.2, 0) is 10.0 Å². The summed E-state index contributed by atoms with van der Waals surface area (Å²) < 4.78 is 25.4. The molecule has 112 valence electrons. The van der Waals surface area contributed by atoms with Crippen molar-refractivity contribution in [3.05, 3.63) is 18.2 Å². The van der Waals surface area contributed by atoms with Crippen LogP contribution in [0.2, 0.25) is 0 Å². The van der Waals surface area contributed by atoms with Crippen molar-refractivity contribution in [3.8, 4) is 0 Å². The second kappa shape index (κ2) is 6.01. The molecule has 0 spiro atoms. The van der Waals surface area contributed by atoms with Crippen molar-refractivity contribution in [3.63, 3.8) is 0 Å². The molecule has 0 saturated heterocycles. The molecule has 6 heteroatoms. The van der Waals surface area contributed by atoms with Crippen LogP contribution < -0.4 is 11.1 Å². The molecule has 0 aliphatic heterocycles. The Bertz CT molecular complexity index is 564.